The summed E-state index contributed by atoms with van der Waals surface area (Å²) in [6.45, 7) is 4.79. The van der Waals surface area contributed by atoms with Crippen molar-refractivity contribution in [1.29, 1.82) is 0 Å². The molecule has 0 atom stereocenters. The average Bonchev–Trinajstić information content (AvgIpc) is 3.15. The molecule has 6 heteroatoms. The van der Waals surface area contributed by atoms with Gasteiger partial charge in [-0.1, -0.05) is 35.6 Å². The molecular weight excluding hydrogens is 314 g/mol. The fraction of sp³-hybridized carbons (Fsp3) is 0.125. The molecule has 0 aliphatic rings. The summed E-state index contributed by atoms with van der Waals surface area (Å²) in [5, 5.41) is 5.50. The van der Waals surface area contributed by atoms with E-state index >= 15 is 0 Å². The maximum atomic E-state index is 12.4. The minimum atomic E-state index is -0.160. The van der Waals surface area contributed by atoms with Crippen molar-refractivity contribution in [3.63, 3.8) is 0 Å². The van der Waals surface area contributed by atoms with Gasteiger partial charge < -0.3 is 4.90 Å². The Morgan fingerprint density at radius 2 is 2.18 bits per heavy atom. The summed E-state index contributed by atoms with van der Waals surface area (Å²) in [5.41, 5.74) is 0.899. The standard InChI is InChI=1S/C16H15N3OS2/c1-2-9-19(11-12-6-5-10-21-12)16(20)18-15-17-13-7-3-4-8-14(13)22-15/h2-8,10H,1,9,11H2,(H,17,18,20). The lowest BCUT2D eigenvalue weighted by Gasteiger charge is -2.20. The molecule has 0 saturated carbocycles. The molecule has 2 heterocycles. The van der Waals surface area contributed by atoms with E-state index in [-0.39, 0.29) is 6.03 Å². The number of aromatic nitrogens is 1. The number of nitrogens with one attached hydrogen (secondary N) is 1. The summed E-state index contributed by atoms with van der Waals surface area (Å²) in [5.74, 6) is 0. The van der Waals surface area contributed by atoms with Crippen LogP contribution in [0.15, 0.2) is 54.4 Å². The number of fused-ring (bicyclic) bond motifs is 1. The van der Waals surface area contributed by atoms with Crippen LogP contribution < -0.4 is 5.32 Å². The monoisotopic (exact) mass is 329 g/mol. The van der Waals surface area contributed by atoms with E-state index in [9.17, 15) is 4.79 Å². The molecule has 0 aliphatic heterocycles. The highest BCUT2D eigenvalue weighted by Crippen LogP contribution is 2.25. The van der Waals surface area contributed by atoms with Crippen molar-refractivity contribution in [2.75, 3.05) is 11.9 Å². The molecule has 0 radical (unpaired) electrons. The SMILES string of the molecule is C=CCN(Cc1cccs1)C(=O)Nc1nc2ccccc2s1. The minimum absolute atomic E-state index is 0.160. The van der Waals surface area contributed by atoms with Crippen molar-refractivity contribution in [2.45, 2.75) is 6.54 Å². The number of rotatable bonds is 5. The Bertz CT molecular complexity index is 747. The zero-order chi connectivity index (χ0) is 15.4. The van der Waals surface area contributed by atoms with Crippen LogP contribution in [0.2, 0.25) is 0 Å². The molecule has 1 N–H and O–H groups in total. The van der Waals surface area contributed by atoms with Crippen LogP contribution in [-0.4, -0.2) is 22.5 Å². The van der Waals surface area contributed by atoms with E-state index in [1.807, 2.05) is 41.8 Å². The molecule has 0 fully saturated rings. The summed E-state index contributed by atoms with van der Waals surface area (Å²) < 4.78 is 1.06. The molecule has 0 aliphatic carbocycles. The van der Waals surface area contributed by atoms with Crippen molar-refractivity contribution in [3.8, 4) is 0 Å². The van der Waals surface area contributed by atoms with Gasteiger partial charge in [0.15, 0.2) is 5.13 Å². The van der Waals surface area contributed by atoms with E-state index in [0.29, 0.717) is 18.2 Å². The first-order valence-electron chi connectivity index (χ1n) is 6.81. The van der Waals surface area contributed by atoms with E-state index in [1.165, 1.54) is 11.3 Å². The number of thiazole rings is 1. The fourth-order valence-electron chi connectivity index (χ4n) is 2.06. The lowest BCUT2D eigenvalue weighted by molar-refractivity contribution is 0.215. The van der Waals surface area contributed by atoms with Crippen LogP contribution in [0.25, 0.3) is 10.2 Å². The first kappa shape index (κ1) is 14.7. The number of para-hydroxylation sites is 1. The van der Waals surface area contributed by atoms with Crippen molar-refractivity contribution >= 4 is 44.1 Å². The minimum Gasteiger partial charge on any atom is -0.316 e. The molecule has 0 spiro atoms. The fourth-order valence-corrected chi connectivity index (χ4v) is 3.64. The van der Waals surface area contributed by atoms with Crippen molar-refractivity contribution in [1.82, 2.24) is 9.88 Å². The summed E-state index contributed by atoms with van der Waals surface area (Å²) in [7, 11) is 0. The largest absolute Gasteiger partial charge is 0.324 e. The van der Waals surface area contributed by atoms with E-state index < -0.39 is 0 Å². The smallest absolute Gasteiger partial charge is 0.316 e. The third kappa shape index (κ3) is 3.35. The Labute approximate surface area is 136 Å². The van der Waals surface area contributed by atoms with Crippen molar-refractivity contribution in [3.05, 3.63) is 59.3 Å². The second-order valence-electron chi connectivity index (χ2n) is 4.67. The van der Waals surface area contributed by atoms with Crippen molar-refractivity contribution < 1.29 is 4.79 Å². The Morgan fingerprint density at radius 1 is 1.32 bits per heavy atom. The third-order valence-electron chi connectivity index (χ3n) is 3.07. The number of thiophene rings is 1. The summed E-state index contributed by atoms with van der Waals surface area (Å²) >= 11 is 3.11. The van der Waals surface area contributed by atoms with E-state index in [2.05, 4.69) is 16.9 Å². The van der Waals surface area contributed by atoms with E-state index in [4.69, 9.17) is 0 Å². The molecular formula is C16H15N3OS2. The molecule has 3 aromatic rings. The topological polar surface area (TPSA) is 45.2 Å². The first-order chi connectivity index (χ1) is 10.8. The molecule has 3 rings (SSSR count). The van der Waals surface area contributed by atoms with Gasteiger partial charge in [-0.2, -0.15) is 0 Å². The van der Waals surface area contributed by atoms with E-state index in [1.54, 1.807) is 22.3 Å². The number of nitrogens with zero attached hydrogens (tertiary/aromatic N) is 2. The van der Waals surface area contributed by atoms with E-state index in [0.717, 1.165) is 15.1 Å². The number of hydrogen-bond acceptors (Lipinski definition) is 4. The van der Waals surface area contributed by atoms with Gasteiger partial charge in [0.25, 0.3) is 0 Å². The van der Waals surface area contributed by atoms with Crippen LogP contribution in [0, 0.1) is 0 Å². The maximum absolute atomic E-state index is 12.4. The molecule has 1 aromatic carbocycles. The van der Waals surface area contributed by atoms with Gasteiger partial charge in [0, 0.05) is 11.4 Å². The van der Waals surface area contributed by atoms with Crippen molar-refractivity contribution in [2.24, 2.45) is 0 Å². The second-order valence-corrected chi connectivity index (χ2v) is 6.73. The number of hydrogen-bond donors (Lipinski definition) is 1. The Kier molecular flexibility index (Phi) is 4.50. The van der Waals surface area contributed by atoms with Crippen LogP contribution in [0.5, 0.6) is 0 Å². The molecule has 0 unspecified atom stereocenters. The first-order valence-corrected chi connectivity index (χ1v) is 8.50. The maximum Gasteiger partial charge on any atom is 0.324 e. The Hall–Kier alpha value is -2.18. The predicted octanol–water partition coefficient (Wildman–Crippen LogP) is 4.58. The summed E-state index contributed by atoms with van der Waals surface area (Å²) in [4.78, 5) is 19.7. The third-order valence-corrected chi connectivity index (χ3v) is 4.88. The lowest BCUT2D eigenvalue weighted by Crippen LogP contribution is -2.34. The molecule has 2 amide bonds. The highest BCUT2D eigenvalue weighted by Gasteiger charge is 2.15. The summed E-state index contributed by atoms with van der Waals surface area (Å²) in [6, 6.07) is 11.7. The van der Waals surface area contributed by atoms with Gasteiger partial charge in [-0.25, -0.2) is 9.78 Å². The Balaban J connectivity index is 1.73. The number of benzene rings is 1. The number of anilines is 1. The molecule has 4 nitrogen and oxygen atoms in total. The highest BCUT2D eigenvalue weighted by atomic mass is 32.1. The molecule has 0 bridgehead atoms. The van der Waals surface area contributed by atoms with Crippen LogP contribution in [0.1, 0.15) is 4.88 Å². The molecule has 22 heavy (non-hydrogen) atoms. The zero-order valence-corrected chi connectivity index (χ0v) is 13.5. The number of urea groups is 1. The summed E-state index contributed by atoms with van der Waals surface area (Å²) in [6.07, 6.45) is 1.73. The van der Waals surface area contributed by atoms with Gasteiger partial charge in [0.2, 0.25) is 0 Å². The average molecular weight is 329 g/mol. The molecule has 0 saturated heterocycles. The van der Waals surface area contributed by atoms with Gasteiger partial charge in [0.05, 0.1) is 16.8 Å². The second kappa shape index (κ2) is 6.72. The number of carbonyl (C=O) groups excluding carboxylic acids is 1. The number of carbonyl (C=O) groups is 1. The van der Waals surface area contributed by atoms with Gasteiger partial charge in [0.1, 0.15) is 0 Å². The highest BCUT2D eigenvalue weighted by molar-refractivity contribution is 7.22. The van der Waals surface area contributed by atoms with Crippen LogP contribution in [0.4, 0.5) is 9.93 Å². The van der Waals surface area contributed by atoms with Gasteiger partial charge in [-0.3, -0.25) is 5.32 Å². The Morgan fingerprint density at radius 3 is 2.91 bits per heavy atom. The quantitative estimate of drug-likeness (QED) is 0.697. The predicted molar refractivity (Wildman–Crippen MR) is 93.6 cm³/mol. The van der Waals surface area contributed by atoms with Crippen LogP contribution >= 0.6 is 22.7 Å². The number of amides is 2. The van der Waals surface area contributed by atoms with Gasteiger partial charge >= 0.3 is 6.03 Å². The zero-order valence-electron chi connectivity index (χ0n) is 11.9. The van der Waals surface area contributed by atoms with Crippen LogP contribution in [0.3, 0.4) is 0 Å². The molecule has 112 valence electrons. The molecule has 2 aromatic heterocycles. The normalized spacial score (nSPS) is 10.5. The lowest BCUT2D eigenvalue weighted by atomic mass is 10.3. The van der Waals surface area contributed by atoms with Gasteiger partial charge in [-0.15, -0.1) is 17.9 Å². The van der Waals surface area contributed by atoms with Crippen LogP contribution in [-0.2, 0) is 6.54 Å². The van der Waals surface area contributed by atoms with Gasteiger partial charge in [-0.05, 0) is 23.6 Å².